The number of H-pyrrole nitrogens is 1. The van der Waals surface area contributed by atoms with Gasteiger partial charge in [-0.1, -0.05) is 25.3 Å². The number of benzene rings is 1. The number of carbonyl (C=O) groups is 2. The van der Waals surface area contributed by atoms with Crippen LogP contribution in [0.5, 0.6) is 0 Å². The lowest BCUT2D eigenvalue weighted by Crippen LogP contribution is -2.47. The quantitative estimate of drug-likeness (QED) is 0.825. The van der Waals surface area contributed by atoms with Crippen molar-refractivity contribution in [3.05, 3.63) is 35.5 Å². The highest BCUT2D eigenvalue weighted by Gasteiger charge is 2.31. The molecule has 1 aliphatic carbocycles. The van der Waals surface area contributed by atoms with Gasteiger partial charge in [0.05, 0.1) is 5.92 Å². The Kier molecular flexibility index (Phi) is 5.69. The molecular formula is C23H31N3O2. The van der Waals surface area contributed by atoms with Crippen LogP contribution in [0.15, 0.2) is 24.3 Å². The maximum Gasteiger partial charge on any atom is 0.225 e. The number of aromatic amines is 1. The van der Waals surface area contributed by atoms with Gasteiger partial charge in [-0.3, -0.25) is 9.59 Å². The van der Waals surface area contributed by atoms with E-state index in [1.165, 1.54) is 37.5 Å². The highest BCUT2D eigenvalue weighted by molar-refractivity contribution is 5.84. The van der Waals surface area contributed by atoms with Crippen LogP contribution in [0.1, 0.15) is 56.2 Å². The van der Waals surface area contributed by atoms with Gasteiger partial charge in [-0.15, -0.1) is 0 Å². The second kappa shape index (κ2) is 8.38. The molecular weight excluding hydrogens is 350 g/mol. The fourth-order valence-corrected chi connectivity index (χ4v) is 4.76. The van der Waals surface area contributed by atoms with Crippen molar-refractivity contribution in [2.24, 2.45) is 11.8 Å². The minimum Gasteiger partial charge on any atom is -0.359 e. The SMILES string of the molecule is Cc1cc2cc(CNC(=O)C3CCC(=O)N(CC4CCCCC4)C3)ccc2[nH]1. The number of likely N-dealkylation sites (tertiary alicyclic amines) is 1. The second-order valence-corrected chi connectivity index (χ2v) is 8.63. The molecule has 1 aliphatic heterocycles. The summed E-state index contributed by atoms with van der Waals surface area (Å²) in [6.07, 6.45) is 7.50. The molecule has 0 radical (unpaired) electrons. The van der Waals surface area contributed by atoms with Crippen LogP contribution in [0.2, 0.25) is 0 Å². The predicted molar refractivity (Wildman–Crippen MR) is 111 cm³/mol. The molecule has 5 nitrogen and oxygen atoms in total. The molecule has 1 aromatic carbocycles. The van der Waals surface area contributed by atoms with Crippen LogP contribution in [0, 0.1) is 18.8 Å². The second-order valence-electron chi connectivity index (χ2n) is 8.63. The molecule has 2 N–H and O–H groups in total. The Bertz CT molecular complexity index is 851. The molecule has 150 valence electrons. The van der Waals surface area contributed by atoms with Crippen molar-refractivity contribution < 1.29 is 9.59 Å². The van der Waals surface area contributed by atoms with E-state index >= 15 is 0 Å². The Morgan fingerprint density at radius 2 is 2.00 bits per heavy atom. The van der Waals surface area contributed by atoms with Crippen molar-refractivity contribution in [2.45, 2.75) is 58.4 Å². The first-order valence-corrected chi connectivity index (χ1v) is 10.7. The summed E-state index contributed by atoms with van der Waals surface area (Å²) in [6.45, 7) is 4.00. The van der Waals surface area contributed by atoms with Crippen LogP contribution in [0.4, 0.5) is 0 Å². The van der Waals surface area contributed by atoms with Gasteiger partial charge in [-0.05, 0) is 61.3 Å². The number of fused-ring (bicyclic) bond motifs is 1. The third-order valence-corrected chi connectivity index (χ3v) is 6.36. The third kappa shape index (κ3) is 4.40. The minimum atomic E-state index is -0.0838. The molecule has 28 heavy (non-hydrogen) atoms. The lowest BCUT2D eigenvalue weighted by atomic mass is 9.87. The lowest BCUT2D eigenvalue weighted by molar-refractivity contribution is -0.139. The van der Waals surface area contributed by atoms with Crippen molar-refractivity contribution in [1.82, 2.24) is 15.2 Å². The zero-order valence-electron chi connectivity index (χ0n) is 16.8. The van der Waals surface area contributed by atoms with Gasteiger partial charge in [-0.25, -0.2) is 0 Å². The molecule has 2 fully saturated rings. The van der Waals surface area contributed by atoms with E-state index in [-0.39, 0.29) is 17.7 Å². The number of piperidine rings is 1. The number of nitrogens with one attached hydrogen (secondary N) is 2. The van der Waals surface area contributed by atoms with Gasteiger partial charge in [0.15, 0.2) is 0 Å². The number of aromatic nitrogens is 1. The van der Waals surface area contributed by atoms with Crippen molar-refractivity contribution >= 4 is 22.7 Å². The van der Waals surface area contributed by atoms with Crippen LogP contribution in [0.3, 0.4) is 0 Å². The van der Waals surface area contributed by atoms with Crippen LogP contribution >= 0.6 is 0 Å². The number of nitrogens with zero attached hydrogens (tertiary/aromatic N) is 1. The number of hydrogen-bond acceptors (Lipinski definition) is 2. The minimum absolute atomic E-state index is 0.0755. The monoisotopic (exact) mass is 381 g/mol. The Hall–Kier alpha value is -2.30. The zero-order valence-corrected chi connectivity index (χ0v) is 16.8. The highest BCUT2D eigenvalue weighted by atomic mass is 16.2. The fraction of sp³-hybridized carbons (Fsp3) is 0.565. The number of amides is 2. The molecule has 2 amide bonds. The number of hydrogen-bond donors (Lipinski definition) is 2. The lowest BCUT2D eigenvalue weighted by Gasteiger charge is -2.35. The first-order chi connectivity index (χ1) is 13.6. The molecule has 1 aromatic heterocycles. The van der Waals surface area contributed by atoms with Gasteiger partial charge in [0.2, 0.25) is 11.8 Å². The van der Waals surface area contributed by atoms with Crippen molar-refractivity contribution in [3.63, 3.8) is 0 Å². The maximum absolute atomic E-state index is 12.7. The van der Waals surface area contributed by atoms with Gasteiger partial charge in [0.25, 0.3) is 0 Å². The first kappa shape index (κ1) is 19.0. The van der Waals surface area contributed by atoms with E-state index in [0.717, 1.165) is 23.3 Å². The Labute approximate surface area is 166 Å². The van der Waals surface area contributed by atoms with E-state index in [9.17, 15) is 9.59 Å². The van der Waals surface area contributed by atoms with Crippen LogP contribution < -0.4 is 5.32 Å². The number of aryl methyl sites for hydroxylation is 1. The van der Waals surface area contributed by atoms with E-state index in [1.807, 2.05) is 11.8 Å². The zero-order chi connectivity index (χ0) is 19.5. The summed E-state index contributed by atoms with van der Waals surface area (Å²) in [5, 5.41) is 4.26. The van der Waals surface area contributed by atoms with Crippen molar-refractivity contribution in [2.75, 3.05) is 13.1 Å². The molecule has 1 unspecified atom stereocenters. The molecule has 5 heteroatoms. The molecule has 0 bridgehead atoms. The van der Waals surface area contributed by atoms with Gasteiger partial charge in [0.1, 0.15) is 0 Å². The van der Waals surface area contributed by atoms with E-state index in [1.54, 1.807) is 0 Å². The molecule has 1 saturated heterocycles. The number of carbonyl (C=O) groups excluding carboxylic acids is 2. The standard InChI is InChI=1S/C23H31N3O2/c1-16-11-20-12-18(7-9-21(20)25-16)13-24-23(28)19-8-10-22(27)26(15-19)14-17-5-3-2-4-6-17/h7,9,11-12,17,19,25H,2-6,8,10,13-15H2,1H3,(H,24,28). The van der Waals surface area contributed by atoms with E-state index < -0.39 is 0 Å². The maximum atomic E-state index is 12.7. The summed E-state index contributed by atoms with van der Waals surface area (Å²) in [5.74, 6) is 0.838. The molecule has 2 aliphatic rings. The largest absolute Gasteiger partial charge is 0.359 e. The first-order valence-electron chi connectivity index (χ1n) is 10.7. The summed E-state index contributed by atoms with van der Waals surface area (Å²) in [4.78, 5) is 30.3. The van der Waals surface area contributed by atoms with Gasteiger partial charge in [-0.2, -0.15) is 0 Å². The van der Waals surface area contributed by atoms with Crippen molar-refractivity contribution in [1.29, 1.82) is 0 Å². The van der Waals surface area contributed by atoms with Crippen LogP contribution in [-0.4, -0.2) is 34.8 Å². The summed E-state index contributed by atoms with van der Waals surface area (Å²) >= 11 is 0. The Balaban J connectivity index is 1.32. The van der Waals surface area contributed by atoms with E-state index in [2.05, 4.69) is 34.6 Å². The Morgan fingerprint density at radius 1 is 1.18 bits per heavy atom. The average Bonchev–Trinajstić information content (AvgIpc) is 3.08. The molecule has 2 heterocycles. The van der Waals surface area contributed by atoms with E-state index in [4.69, 9.17) is 0 Å². The molecule has 2 aromatic rings. The fourth-order valence-electron chi connectivity index (χ4n) is 4.76. The average molecular weight is 382 g/mol. The summed E-state index contributed by atoms with van der Waals surface area (Å²) in [6, 6.07) is 8.36. The highest BCUT2D eigenvalue weighted by Crippen LogP contribution is 2.27. The van der Waals surface area contributed by atoms with Gasteiger partial charge in [0, 0.05) is 37.3 Å². The predicted octanol–water partition coefficient (Wildman–Crippen LogP) is 3.91. The summed E-state index contributed by atoms with van der Waals surface area (Å²) in [5.41, 5.74) is 3.36. The normalized spacial score (nSPS) is 21.2. The van der Waals surface area contributed by atoms with Gasteiger partial charge >= 0.3 is 0 Å². The Morgan fingerprint density at radius 3 is 2.82 bits per heavy atom. The van der Waals surface area contributed by atoms with Crippen LogP contribution in [-0.2, 0) is 16.1 Å². The molecule has 4 rings (SSSR count). The molecule has 1 saturated carbocycles. The van der Waals surface area contributed by atoms with E-state index in [0.29, 0.717) is 31.8 Å². The molecule has 1 atom stereocenters. The topological polar surface area (TPSA) is 65.2 Å². The molecule has 0 spiro atoms. The third-order valence-electron chi connectivity index (χ3n) is 6.36. The number of rotatable bonds is 5. The summed E-state index contributed by atoms with van der Waals surface area (Å²) < 4.78 is 0. The van der Waals surface area contributed by atoms with Crippen LogP contribution in [0.25, 0.3) is 10.9 Å². The summed E-state index contributed by atoms with van der Waals surface area (Å²) in [7, 11) is 0. The van der Waals surface area contributed by atoms with Crippen molar-refractivity contribution in [3.8, 4) is 0 Å². The smallest absolute Gasteiger partial charge is 0.225 e. The van der Waals surface area contributed by atoms with Gasteiger partial charge < -0.3 is 15.2 Å².